The maximum Gasteiger partial charge on any atom is 0.310 e. The fraction of sp³-hybridized carbons (Fsp3) is 0.353. The van der Waals surface area contributed by atoms with Crippen molar-refractivity contribution in [2.45, 2.75) is 43.8 Å². The van der Waals surface area contributed by atoms with Gasteiger partial charge in [-0.2, -0.15) is 0 Å². The largest absolute Gasteiger partial charge is 0.493 e. The monoisotopic (exact) mass is 597 g/mol. The Morgan fingerprint density at radius 3 is 2.45 bits per heavy atom. The van der Waals surface area contributed by atoms with Crippen molar-refractivity contribution >= 4 is 29.4 Å². The second-order valence-corrected chi connectivity index (χ2v) is 11.3. The normalized spacial score (nSPS) is 25.3. The number of benzene rings is 3. The van der Waals surface area contributed by atoms with Gasteiger partial charge in [0.1, 0.15) is 11.8 Å². The van der Waals surface area contributed by atoms with Gasteiger partial charge < -0.3 is 30.1 Å². The van der Waals surface area contributed by atoms with Gasteiger partial charge in [0.2, 0.25) is 11.8 Å². The number of nitrogens with zero attached hydrogens (tertiary/aromatic N) is 1. The maximum absolute atomic E-state index is 14.2. The summed E-state index contributed by atoms with van der Waals surface area (Å²) in [7, 11) is 0. The van der Waals surface area contributed by atoms with Gasteiger partial charge in [-0.3, -0.25) is 19.2 Å². The molecule has 2 fully saturated rings. The number of anilines is 1. The molecule has 3 amide bonds. The molecule has 44 heavy (non-hydrogen) atoms. The molecule has 0 saturated carbocycles. The van der Waals surface area contributed by atoms with Crippen LogP contribution in [0.1, 0.15) is 53.2 Å². The van der Waals surface area contributed by atoms with Gasteiger partial charge in [-0.25, -0.2) is 0 Å². The van der Waals surface area contributed by atoms with Gasteiger partial charge in [0.05, 0.1) is 31.2 Å². The number of carbonyl (C=O) groups is 4. The third-order valence-corrected chi connectivity index (χ3v) is 8.77. The first kappa shape index (κ1) is 29.4. The average Bonchev–Trinajstić information content (AvgIpc) is 3.42. The number of nitrogens with one attached hydrogen (secondary N) is 2. The van der Waals surface area contributed by atoms with Crippen LogP contribution in [0.5, 0.6) is 5.75 Å². The van der Waals surface area contributed by atoms with Crippen LogP contribution in [0, 0.1) is 11.8 Å². The molecule has 3 N–H and O–H groups in total. The van der Waals surface area contributed by atoms with Gasteiger partial charge in [0.15, 0.2) is 0 Å². The molecule has 10 heteroatoms. The summed E-state index contributed by atoms with van der Waals surface area (Å²) in [5, 5.41) is 15.3. The molecule has 3 heterocycles. The molecule has 228 valence electrons. The Labute approximate surface area is 255 Å². The van der Waals surface area contributed by atoms with E-state index in [1.54, 1.807) is 54.3 Å². The molecular formula is C34H35N3O7. The molecular weight excluding hydrogens is 562 g/mol. The van der Waals surface area contributed by atoms with Crippen LogP contribution in [0.3, 0.4) is 0 Å². The van der Waals surface area contributed by atoms with Crippen molar-refractivity contribution in [3.8, 4) is 5.75 Å². The number of esters is 1. The molecule has 0 bridgehead atoms. The predicted molar refractivity (Wildman–Crippen MR) is 161 cm³/mol. The van der Waals surface area contributed by atoms with E-state index in [-0.39, 0.29) is 37.4 Å². The van der Waals surface area contributed by atoms with Crippen LogP contribution < -0.4 is 20.3 Å². The summed E-state index contributed by atoms with van der Waals surface area (Å²) < 4.78 is 11.5. The van der Waals surface area contributed by atoms with Crippen LogP contribution in [0.2, 0.25) is 0 Å². The van der Waals surface area contributed by atoms with Crippen LogP contribution in [0.15, 0.2) is 78.9 Å². The zero-order chi connectivity index (χ0) is 30.8. The molecule has 3 aromatic carbocycles. The van der Waals surface area contributed by atoms with E-state index in [0.717, 1.165) is 5.56 Å². The Kier molecular flexibility index (Phi) is 8.34. The highest BCUT2D eigenvalue weighted by molar-refractivity contribution is 6.06. The van der Waals surface area contributed by atoms with Gasteiger partial charge in [0.25, 0.3) is 5.91 Å². The predicted octanol–water partition coefficient (Wildman–Crippen LogP) is 3.12. The fourth-order valence-corrected chi connectivity index (χ4v) is 6.98. The highest BCUT2D eigenvalue weighted by atomic mass is 16.5. The lowest BCUT2D eigenvalue weighted by atomic mass is 9.71. The number of rotatable bonds is 9. The minimum absolute atomic E-state index is 0.0112. The zero-order valence-corrected chi connectivity index (χ0v) is 24.3. The second kappa shape index (κ2) is 12.5. The number of hydrogen-bond acceptors (Lipinski definition) is 7. The van der Waals surface area contributed by atoms with Gasteiger partial charge in [-0.1, -0.05) is 48.5 Å². The number of carbonyl (C=O) groups excluding carboxylic acids is 4. The van der Waals surface area contributed by atoms with E-state index in [1.807, 2.05) is 36.4 Å². The summed E-state index contributed by atoms with van der Waals surface area (Å²) in [6.07, 6.45) is 0.460. The third kappa shape index (κ3) is 5.30. The SMILES string of the molecule is CCOC(=O)C1C(c2ccccc2)CC(=O)N[C@H]2C(=O)N3c4ccc(OCCCO)cc4[C@H](NC(=O)c4ccccc4)[C@H]3[C@H]12. The lowest BCUT2D eigenvalue weighted by molar-refractivity contribution is -0.151. The molecule has 6 atom stereocenters. The van der Waals surface area contributed by atoms with E-state index in [9.17, 15) is 24.3 Å². The molecule has 10 nitrogen and oxygen atoms in total. The van der Waals surface area contributed by atoms with Crippen molar-refractivity contribution in [1.82, 2.24) is 10.6 Å². The Hall–Kier alpha value is -4.70. The number of hydrogen-bond donors (Lipinski definition) is 3. The van der Waals surface area contributed by atoms with Crippen molar-refractivity contribution in [3.63, 3.8) is 0 Å². The van der Waals surface area contributed by atoms with E-state index in [0.29, 0.717) is 35.6 Å². The fourth-order valence-electron chi connectivity index (χ4n) is 6.98. The van der Waals surface area contributed by atoms with Crippen molar-refractivity contribution in [1.29, 1.82) is 0 Å². The summed E-state index contributed by atoms with van der Waals surface area (Å²) in [6, 6.07) is 21.0. The van der Waals surface area contributed by atoms with E-state index in [1.165, 1.54) is 0 Å². The van der Waals surface area contributed by atoms with Crippen molar-refractivity contribution in [3.05, 3.63) is 95.6 Å². The molecule has 0 aromatic heterocycles. The van der Waals surface area contributed by atoms with E-state index < -0.39 is 41.8 Å². The number of aliphatic hydroxyl groups is 1. The molecule has 0 aliphatic carbocycles. The molecule has 2 saturated heterocycles. The third-order valence-electron chi connectivity index (χ3n) is 8.77. The number of amides is 3. The minimum Gasteiger partial charge on any atom is -0.493 e. The molecule has 3 aromatic rings. The maximum atomic E-state index is 14.2. The molecule has 0 radical (unpaired) electrons. The first-order chi connectivity index (χ1) is 21.4. The first-order valence-corrected chi connectivity index (χ1v) is 15.0. The molecule has 3 aliphatic heterocycles. The number of aliphatic hydroxyl groups excluding tert-OH is 1. The smallest absolute Gasteiger partial charge is 0.310 e. The number of ether oxygens (including phenoxy) is 2. The average molecular weight is 598 g/mol. The van der Waals surface area contributed by atoms with E-state index in [2.05, 4.69) is 10.6 Å². The zero-order valence-electron chi connectivity index (χ0n) is 24.3. The summed E-state index contributed by atoms with van der Waals surface area (Å²) in [5.74, 6) is -3.09. The van der Waals surface area contributed by atoms with Crippen LogP contribution >= 0.6 is 0 Å². The summed E-state index contributed by atoms with van der Waals surface area (Å²) in [4.78, 5) is 56.7. The second-order valence-electron chi connectivity index (χ2n) is 11.3. The Bertz CT molecular complexity index is 1550. The van der Waals surface area contributed by atoms with Crippen LogP contribution in [-0.4, -0.2) is 60.7 Å². The summed E-state index contributed by atoms with van der Waals surface area (Å²) in [6.45, 7) is 2.15. The van der Waals surface area contributed by atoms with Gasteiger partial charge in [0, 0.05) is 48.1 Å². The standard InChI is InChI=1S/C34H35N3O7/c1-2-43-34(42)27-23(20-10-5-3-6-11-20)19-26(39)35-30-28(27)31-29(36-32(40)21-12-7-4-8-13-21)24-18-22(44-17-9-16-38)14-15-25(24)37(31)33(30)41/h3-8,10-15,18,23,27-31,38H,2,9,16-17,19H2,1H3,(H,35,39)(H,36,40)/t23?,27?,28-,29+,30-,31-/m1/s1. The van der Waals surface area contributed by atoms with Crippen molar-refractivity contribution < 1.29 is 33.8 Å². The van der Waals surface area contributed by atoms with Crippen molar-refractivity contribution in [2.75, 3.05) is 24.7 Å². The summed E-state index contributed by atoms with van der Waals surface area (Å²) >= 11 is 0. The lowest BCUT2D eigenvalue weighted by Crippen LogP contribution is -2.48. The highest BCUT2D eigenvalue weighted by Crippen LogP contribution is 2.53. The van der Waals surface area contributed by atoms with Gasteiger partial charge >= 0.3 is 5.97 Å². The Morgan fingerprint density at radius 1 is 1.02 bits per heavy atom. The molecule has 3 aliphatic rings. The quantitative estimate of drug-likeness (QED) is 0.255. The van der Waals surface area contributed by atoms with Gasteiger partial charge in [-0.15, -0.1) is 0 Å². The minimum atomic E-state index is -0.986. The topological polar surface area (TPSA) is 134 Å². The van der Waals surface area contributed by atoms with Gasteiger partial charge in [-0.05, 0) is 42.8 Å². The number of fused-ring (bicyclic) bond motifs is 5. The van der Waals surface area contributed by atoms with Crippen LogP contribution in [-0.2, 0) is 19.1 Å². The van der Waals surface area contributed by atoms with E-state index in [4.69, 9.17) is 9.47 Å². The van der Waals surface area contributed by atoms with Crippen LogP contribution in [0.25, 0.3) is 0 Å². The molecule has 2 unspecified atom stereocenters. The van der Waals surface area contributed by atoms with Crippen molar-refractivity contribution in [2.24, 2.45) is 11.8 Å². The Morgan fingerprint density at radius 2 is 1.75 bits per heavy atom. The van der Waals surface area contributed by atoms with Crippen LogP contribution in [0.4, 0.5) is 5.69 Å². The summed E-state index contributed by atoms with van der Waals surface area (Å²) in [5.41, 5.74) is 2.49. The highest BCUT2D eigenvalue weighted by Gasteiger charge is 2.63. The lowest BCUT2D eigenvalue weighted by Gasteiger charge is -2.34. The first-order valence-electron chi connectivity index (χ1n) is 15.0. The molecule has 0 spiro atoms. The molecule has 6 rings (SSSR count). The Balaban J connectivity index is 1.48. The van der Waals surface area contributed by atoms with E-state index >= 15 is 0 Å².